The fraction of sp³-hybridized carbons (Fsp3) is 0.462. The van der Waals surface area contributed by atoms with E-state index in [0.29, 0.717) is 12.5 Å². The van der Waals surface area contributed by atoms with Gasteiger partial charge in [0.05, 0.1) is 0 Å². The molecule has 1 saturated carbocycles. The van der Waals surface area contributed by atoms with E-state index in [9.17, 15) is 4.79 Å². The van der Waals surface area contributed by atoms with Crippen molar-refractivity contribution in [3.05, 3.63) is 32.9 Å². The Morgan fingerprint density at radius 3 is 2.82 bits per heavy atom. The normalized spacial score (nSPS) is 16.6. The molecule has 1 aromatic rings. The number of rotatable bonds is 4. The van der Waals surface area contributed by atoms with Crippen LogP contribution >= 0.6 is 22.6 Å². The van der Waals surface area contributed by atoms with E-state index < -0.39 is 0 Å². The lowest BCUT2D eigenvalue weighted by Gasteiger charge is -2.16. The molecule has 0 radical (unpaired) electrons. The third-order valence-corrected chi connectivity index (χ3v) is 4.36. The van der Waals surface area contributed by atoms with Gasteiger partial charge in [-0.05, 0) is 66.0 Å². The van der Waals surface area contributed by atoms with Crippen molar-refractivity contribution in [3.8, 4) is 0 Å². The highest BCUT2D eigenvalue weighted by Gasteiger charge is 2.31. The van der Waals surface area contributed by atoms with Crippen molar-refractivity contribution in [3.63, 3.8) is 0 Å². The van der Waals surface area contributed by atoms with Gasteiger partial charge in [-0.25, -0.2) is 0 Å². The summed E-state index contributed by atoms with van der Waals surface area (Å²) >= 11 is 2.25. The Hall–Kier alpha value is -0.620. The Morgan fingerprint density at radius 1 is 1.59 bits per heavy atom. The van der Waals surface area contributed by atoms with E-state index in [1.807, 2.05) is 25.1 Å². The molecule has 4 heteroatoms. The summed E-state index contributed by atoms with van der Waals surface area (Å²) in [5.41, 5.74) is 7.59. The molecule has 2 rings (SSSR count). The number of amides is 1. The molecule has 1 atom stereocenters. The molecule has 1 fully saturated rings. The van der Waals surface area contributed by atoms with Crippen LogP contribution < -0.4 is 11.1 Å². The van der Waals surface area contributed by atoms with Gasteiger partial charge in [-0.2, -0.15) is 0 Å². The molecule has 3 N–H and O–H groups in total. The van der Waals surface area contributed by atoms with Gasteiger partial charge in [0.1, 0.15) is 0 Å². The Kier molecular flexibility index (Phi) is 4.04. The van der Waals surface area contributed by atoms with E-state index in [1.54, 1.807) is 0 Å². The second-order valence-electron chi connectivity index (χ2n) is 4.62. The van der Waals surface area contributed by atoms with Crippen molar-refractivity contribution in [2.45, 2.75) is 25.8 Å². The standard InChI is InChI=1S/C13H17IN2O/c1-8-2-3-10(6-11(8)14)13(17)16-12(7-15)9-4-5-9/h2-3,6,9,12H,4-5,7,15H2,1H3,(H,16,17). The van der Waals surface area contributed by atoms with Gasteiger partial charge in [-0.1, -0.05) is 6.07 Å². The van der Waals surface area contributed by atoms with Gasteiger partial charge in [0.2, 0.25) is 0 Å². The number of hydrogen-bond acceptors (Lipinski definition) is 2. The Bertz CT molecular complexity index is 429. The van der Waals surface area contributed by atoms with Gasteiger partial charge >= 0.3 is 0 Å². The van der Waals surface area contributed by atoms with Crippen LogP contribution in [0.25, 0.3) is 0 Å². The van der Waals surface area contributed by atoms with Gasteiger partial charge < -0.3 is 11.1 Å². The van der Waals surface area contributed by atoms with E-state index in [4.69, 9.17) is 5.73 Å². The van der Waals surface area contributed by atoms with Crippen molar-refractivity contribution in [2.24, 2.45) is 11.7 Å². The lowest BCUT2D eigenvalue weighted by atomic mass is 10.1. The highest BCUT2D eigenvalue weighted by Crippen LogP contribution is 2.32. The minimum absolute atomic E-state index is 0.00901. The zero-order valence-corrected chi connectivity index (χ0v) is 12.0. The minimum Gasteiger partial charge on any atom is -0.348 e. The highest BCUT2D eigenvalue weighted by atomic mass is 127. The van der Waals surface area contributed by atoms with Crippen molar-refractivity contribution in [2.75, 3.05) is 6.54 Å². The average Bonchev–Trinajstić information content (AvgIpc) is 3.13. The summed E-state index contributed by atoms with van der Waals surface area (Å²) < 4.78 is 1.12. The largest absolute Gasteiger partial charge is 0.348 e. The molecule has 1 amide bonds. The fourth-order valence-electron chi connectivity index (χ4n) is 1.85. The van der Waals surface area contributed by atoms with Crippen LogP contribution in [0.2, 0.25) is 0 Å². The first kappa shape index (κ1) is 12.8. The fourth-order valence-corrected chi connectivity index (χ4v) is 2.37. The Balaban J connectivity index is 2.05. The van der Waals surface area contributed by atoms with Crippen LogP contribution in [0, 0.1) is 16.4 Å². The van der Waals surface area contributed by atoms with Gasteiger partial charge in [-0.3, -0.25) is 4.79 Å². The van der Waals surface area contributed by atoms with Crippen molar-refractivity contribution >= 4 is 28.5 Å². The van der Waals surface area contributed by atoms with Crippen LogP contribution in [-0.4, -0.2) is 18.5 Å². The number of nitrogens with one attached hydrogen (secondary N) is 1. The first-order valence-electron chi connectivity index (χ1n) is 5.89. The number of nitrogens with two attached hydrogens (primary N) is 1. The predicted molar refractivity (Wildman–Crippen MR) is 76.9 cm³/mol. The molecule has 0 aliphatic heterocycles. The molecule has 92 valence electrons. The smallest absolute Gasteiger partial charge is 0.251 e. The number of halogens is 1. The minimum atomic E-state index is -0.00901. The molecule has 1 aliphatic rings. The van der Waals surface area contributed by atoms with Crippen molar-refractivity contribution in [1.82, 2.24) is 5.32 Å². The number of hydrogen-bond donors (Lipinski definition) is 2. The van der Waals surface area contributed by atoms with Crippen LogP contribution in [-0.2, 0) is 0 Å². The summed E-state index contributed by atoms with van der Waals surface area (Å²) in [5.74, 6) is 0.582. The summed E-state index contributed by atoms with van der Waals surface area (Å²) in [7, 11) is 0. The maximum absolute atomic E-state index is 12.0. The van der Waals surface area contributed by atoms with E-state index >= 15 is 0 Å². The summed E-state index contributed by atoms with van der Waals surface area (Å²) in [6.45, 7) is 2.57. The number of carbonyl (C=O) groups excluding carboxylic acids is 1. The highest BCUT2D eigenvalue weighted by molar-refractivity contribution is 14.1. The quantitative estimate of drug-likeness (QED) is 0.822. The molecule has 17 heavy (non-hydrogen) atoms. The molecule has 1 aliphatic carbocycles. The second kappa shape index (κ2) is 5.35. The summed E-state index contributed by atoms with van der Waals surface area (Å²) in [6.07, 6.45) is 2.38. The summed E-state index contributed by atoms with van der Waals surface area (Å²) in [6, 6.07) is 5.91. The molecule has 3 nitrogen and oxygen atoms in total. The molecule has 0 aromatic heterocycles. The molecular weight excluding hydrogens is 327 g/mol. The summed E-state index contributed by atoms with van der Waals surface area (Å²) in [5, 5.41) is 3.02. The molecule has 0 saturated heterocycles. The van der Waals surface area contributed by atoms with E-state index in [1.165, 1.54) is 18.4 Å². The van der Waals surface area contributed by atoms with Crippen LogP contribution in [0.1, 0.15) is 28.8 Å². The van der Waals surface area contributed by atoms with Crippen molar-refractivity contribution in [1.29, 1.82) is 0 Å². The maximum atomic E-state index is 12.0. The number of benzene rings is 1. The first-order valence-corrected chi connectivity index (χ1v) is 6.96. The average molecular weight is 344 g/mol. The third-order valence-electron chi connectivity index (χ3n) is 3.20. The third kappa shape index (κ3) is 3.19. The van der Waals surface area contributed by atoms with E-state index in [-0.39, 0.29) is 11.9 Å². The van der Waals surface area contributed by atoms with E-state index in [2.05, 4.69) is 27.9 Å². The zero-order chi connectivity index (χ0) is 12.4. The number of carbonyl (C=O) groups is 1. The van der Waals surface area contributed by atoms with E-state index in [0.717, 1.165) is 9.13 Å². The van der Waals surface area contributed by atoms with Gasteiger partial charge in [0.25, 0.3) is 5.91 Å². The summed E-state index contributed by atoms with van der Waals surface area (Å²) in [4.78, 5) is 12.0. The van der Waals surface area contributed by atoms with Crippen LogP contribution in [0.5, 0.6) is 0 Å². The van der Waals surface area contributed by atoms with Gasteiger partial charge in [-0.15, -0.1) is 0 Å². The topological polar surface area (TPSA) is 55.1 Å². The van der Waals surface area contributed by atoms with Gasteiger partial charge in [0, 0.05) is 21.7 Å². The predicted octanol–water partition coefficient (Wildman–Crippen LogP) is 2.07. The Morgan fingerprint density at radius 2 is 2.29 bits per heavy atom. The van der Waals surface area contributed by atoms with Crippen molar-refractivity contribution < 1.29 is 4.79 Å². The monoisotopic (exact) mass is 344 g/mol. The Labute approximate surface area is 115 Å². The molecule has 0 heterocycles. The lowest BCUT2D eigenvalue weighted by molar-refractivity contribution is 0.0933. The maximum Gasteiger partial charge on any atom is 0.251 e. The van der Waals surface area contributed by atoms with Gasteiger partial charge in [0.15, 0.2) is 0 Å². The molecule has 0 spiro atoms. The molecule has 1 aromatic carbocycles. The van der Waals surface area contributed by atoms with Crippen LogP contribution in [0.4, 0.5) is 0 Å². The molecular formula is C13H17IN2O. The van der Waals surface area contributed by atoms with Crippen LogP contribution in [0.3, 0.4) is 0 Å². The van der Waals surface area contributed by atoms with Crippen LogP contribution in [0.15, 0.2) is 18.2 Å². The SMILES string of the molecule is Cc1ccc(C(=O)NC(CN)C2CC2)cc1I. The first-order chi connectivity index (χ1) is 8.11. The zero-order valence-electron chi connectivity index (χ0n) is 9.87. The lowest BCUT2D eigenvalue weighted by Crippen LogP contribution is -2.41. The molecule has 1 unspecified atom stereocenters. The molecule has 0 bridgehead atoms. The number of aryl methyl sites for hydroxylation is 1. The second-order valence-corrected chi connectivity index (χ2v) is 5.78.